The van der Waals surface area contributed by atoms with Crippen LogP contribution in [0, 0.1) is 0 Å². The number of benzene rings is 2. The summed E-state index contributed by atoms with van der Waals surface area (Å²) in [4.78, 5) is 0. The molecule has 0 unspecified atom stereocenters. The molecule has 0 heterocycles. The molecule has 0 atom stereocenters. The Bertz CT molecular complexity index is 1220. The van der Waals surface area contributed by atoms with E-state index in [4.69, 9.17) is 36.9 Å². The second-order valence-electron chi connectivity index (χ2n) is 4.20. The van der Waals surface area contributed by atoms with Gasteiger partial charge in [0.1, 0.15) is 11.5 Å². The summed E-state index contributed by atoms with van der Waals surface area (Å²) in [6, 6.07) is 13.7. The van der Waals surface area contributed by atoms with E-state index in [1.165, 1.54) is 60.7 Å². The Kier molecular flexibility index (Phi) is 2.96. The van der Waals surface area contributed by atoms with Crippen molar-refractivity contribution in [2.45, 2.75) is 45.1 Å². The summed E-state index contributed by atoms with van der Waals surface area (Å²) in [5.41, 5.74) is 0. The van der Waals surface area contributed by atoms with Gasteiger partial charge in [-0.15, -0.1) is 0 Å². The fraction of sp³-hybridized carbons (Fsp3) is 0.400. The van der Waals surface area contributed by atoms with E-state index in [2.05, 4.69) is 0 Å². The summed E-state index contributed by atoms with van der Waals surface area (Å²) >= 11 is 0. The van der Waals surface area contributed by atoms with E-state index < -0.39 is 59.5 Å². The Balaban J connectivity index is 2.61. The molecule has 0 amide bonds. The van der Waals surface area contributed by atoms with Gasteiger partial charge in [-0.1, -0.05) is 75.1 Å². The summed E-state index contributed by atoms with van der Waals surface area (Å²) in [6.45, 7) is -8.09. The summed E-state index contributed by atoms with van der Waals surface area (Å²) in [6.07, 6.45) is -26.4. The van der Waals surface area contributed by atoms with E-state index in [9.17, 15) is 4.57 Å². The molecule has 2 rings (SSSR count). The van der Waals surface area contributed by atoms with Gasteiger partial charge in [0.25, 0.3) is 0 Å². The first kappa shape index (κ1) is 6.75. The second kappa shape index (κ2) is 11.0. The molecule has 136 valence electrons. The Morgan fingerprint density at radius 2 is 1.36 bits per heavy atom. The van der Waals surface area contributed by atoms with Crippen LogP contribution in [0.2, 0.25) is 0 Å². The Morgan fingerprint density at radius 1 is 0.840 bits per heavy atom. The minimum absolute atomic E-state index is 0.233. The molecule has 5 heteroatoms. The molecule has 0 spiro atoms. The van der Waals surface area contributed by atoms with Crippen molar-refractivity contribution in [2.75, 3.05) is 6.56 Å². The van der Waals surface area contributed by atoms with Crippen LogP contribution in [0.25, 0.3) is 0 Å². The lowest BCUT2D eigenvalue weighted by molar-refractivity contribution is 0.205. The van der Waals surface area contributed by atoms with E-state index >= 15 is 0 Å². The maximum atomic E-state index is 13.7. The number of para-hydroxylation sites is 2. The van der Waals surface area contributed by atoms with Crippen LogP contribution in [-0.4, -0.2) is 6.56 Å². The Labute approximate surface area is 174 Å². The van der Waals surface area contributed by atoms with Gasteiger partial charge in [0, 0.05) is 20.6 Å². The van der Waals surface area contributed by atoms with Crippen LogP contribution >= 0.6 is 7.82 Å². The average molecular weight is 380 g/mol. The summed E-state index contributed by atoms with van der Waals surface area (Å²) in [7, 11) is -5.33. The zero-order valence-electron chi connectivity index (χ0n) is 29.9. The van der Waals surface area contributed by atoms with Crippen LogP contribution in [0.3, 0.4) is 0 Å². The number of hydrogen-bond acceptors (Lipinski definition) is 4. The van der Waals surface area contributed by atoms with E-state index in [-0.39, 0.29) is 11.5 Å². The third kappa shape index (κ3) is 7.76. The largest absolute Gasteiger partial charge is 0.587 e. The van der Waals surface area contributed by atoms with Crippen LogP contribution in [-0.2, 0) is 9.09 Å². The zero-order chi connectivity index (χ0) is 32.8. The lowest BCUT2D eigenvalue weighted by atomic mass is 10.1. The standard InChI is InChI=1S/C20H27O4P/c1-2-3-4-5-6-13-18-22-25(21,23-19-14-9-7-10-15-19)24-20-16-11-8-12-17-20/h7-12,14-17H,2-6,13,18H2,1H3/i1D3,2D2,3D2,4D2,5D2,6D2,13D2,18D2. The molecule has 0 fully saturated rings. The minimum atomic E-state index is -5.33. The first-order valence-corrected chi connectivity index (χ1v) is 8.37. The molecule has 2 aromatic rings. The van der Waals surface area contributed by atoms with Gasteiger partial charge in [0.15, 0.2) is 0 Å². The second-order valence-corrected chi connectivity index (χ2v) is 5.64. The van der Waals surface area contributed by atoms with E-state index in [0.717, 1.165) is 0 Å². The van der Waals surface area contributed by atoms with Gasteiger partial charge >= 0.3 is 7.82 Å². The highest BCUT2D eigenvalue weighted by molar-refractivity contribution is 7.49. The molecule has 0 saturated carbocycles. The quantitative estimate of drug-likeness (QED) is 0.388. The zero-order valence-corrected chi connectivity index (χ0v) is 13.7. The maximum Gasteiger partial charge on any atom is 0.587 e. The van der Waals surface area contributed by atoms with Crippen molar-refractivity contribution in [1.29, 1.82) is 0 Å². The molecule has 0 bridgehead atoms. The Morgan fingerprint density at radius 3 is 1.92 bits per heavy atom. The van der Waals surface area contributed by atoms with Gasteiger partial charge < -0.3 is 9.05 Å². The van der Waals surface area contributed by atoms with Crippen molar-refractivity contribution in [1.82, 2.24) is 0 Å². The third-order valence-corrected chi connectivity index (χ3v) is 3.63. The van der Waals surface area contributed by atoms with Gasteiger partial charge in [-0.2, -0.15) is 0 Å². The van der Waals surface area contributed by atoms with Crippen molar-refractivity contribution in [3.8, 4) is 11.5 Å². The molecule has 0 aliphatic carbocycles. The highest BCUT2D eigenvalue weighted by Gasteiger charge is 2.30. The average Bonchev–Trinajstić information content (AvgIpc) is 2.83. The maximum absolute atomic E-state index is 13.7. The van der Waals surface area contributed by atoms with Crippen molar-refractivity contribution >= 4 is 7.82 Å². The van der Waals surface area contributed by atoms with Crippen LogP contribution in [0.4, 0.5) is 0 Å². The molecule has 25 heavy (non-hydrogen) atoms. The van der Waals surface area contributed by atoms with E-state index in [0.29, 0.717) is 0 Å². The molecule has 0 aliphatic rings. The molecule has 4 nitrogen and oxygen atoms in total. The molecule has 0 saturated heterocycles. The fourth-order valence-corrected chi connectivity index (χ4v) is 2.54. The van der Waals surface area contributed by atoms with Gasteiger partial charge in [-0.3, -0.25) is 4.52 Å². The number of rotatable bonds is 12. The summed E-state index contributed by atoms with van der Waals surface area (Å²) in [5.74, 6) is -0.467. The molecule has 0 N–H and O–H groups in total. The van der Waals surface area contributed by atoms with Crippen LogP contribution < -0.4 is 9.05 Å². The molecular formula is C20H27O4P. The van der Waals surface area contributed by atoms with Gasteiger partial charge in [-0.25, -0.2) is 4.57 Å². The number of hydrogen-bond donors (Lipinski definition) is 0. The molecule has 0 radical (unpaired) electrons. The van der Waals surface area contributed by atoms with Crippen molar-refractivity contribution in [3.05, 3.63) is 60.7 Å². The predicted molar refractivity (Wildman–Crippen MR) is 101 cm³/mol. The van der Waals surface area contributed by atoms with Crippen molar-refractivity contribution in [3.63, 3.8) is 0 Å². The first-order chi connectivity index (χ1) is 18.6. The third-order valence-electron chi connectivity index (χ3n) is 2.44. The SMILES string of the molecule is [2H]C([2H])([2H])C([2H])([2H])C([2H])([2H])C([2H])([2H])C([2H])([2H])C([2H])([2H])C([2H])([2H])C([2H])([2H])OP(=O)(Oc1ccccc1)Oc1ccccc1. The predicted octanol–water partition coefficient (Wildman–Crippen LogP) is 6.63. The normalized spacial score (nSPS) is 25.8. The van der Waals surface area contributed by atoms with Gasteiger partial charge in [0.2, 0.25) is 0 Å². The molecular weight excluding hydrogens is 335 g/mol. The van der Waals surface area contributed by atoms with Gasteiger partial charge in [-0.05, 0) is 30.6 Å². The molecule has 2 aromatic carbocycles. The topological polar surface area (TPSA) is 44.8 Å². The number of phosphoric acid groups is 1. The van der Waals surface area contributed by atoms with E-state index in [1.54, 1.807) is 0 Å². The van der Waals surface area contributed by atoms with Gasteiger partial charge in [0.05, 0.1) is 9.30 Å². The molecule has 0 aliphatic heterocycles. The van der Waals surface area contributed by atoms with Crippen LogP contribution in [0.15, 0.2) is 60.7 Å². The first-order valence-electron chi connectivity index (χ1n) is 15.4. The van der Waals surface area contributed by atoms with Crippen LogP contribution in [0.5, 0.6) is 11.5 Å². The minimum Gasteiger partial charge on any atom is -0.395 e. The lowest BCUT2D eigenvalue weighted by Gasteiger charge is -2.19. The molecule has 0 aromatic heterocycles. The van der Waals surface area contributed by atoms with Crippen LogP contribution in [0.1, 0.15) is 68.4 Å². The fourth-order valence-electron chi connectivity index (χ4n) is 1.51. The highest BCUT2D eigenvalue weighted by atomic mass is 31.2. The van der Waals surface area contributed by atoms with Crippen molar-refractivity contribution < 1.29 is 41.4 Å². The number of phosphoric ester groups is 1. The summed E-state index contributed by atoms with van der Waals surface area (Å²) in [5, 5.41) is 0. The van der Waals surface area contributed by atoms with E-state index in [1.807, 2.05) is 0 Å². The summed E-state index contributed by atoms with van der Waals surface area (Å²) < 4.78 is 163. The van der Waals surface area contributed by atoms with Crippen molar-refractivity contribution in [2.24, 2.45) is 0 Å². The Hall–Kier alpha value is -1.77. The smallest absolute Gasteiger partial charge is 0.395 e. The highest BCUT2D eigenvalue weighted by Crippen LogP contribution is 2.49. The monoisotopic (exact) mass is 379 g/mol. The lowest BCUT2D eigenvalue weighted by Crippen LogP contribution is -2.06.